The molecule has 0 unspecified atom stereocenters. The van der Waals surface area contributed by atoms with Crippen molar-refractivity contribution in [1.29, 1.82) is 0 Å². The average molecular weight is 350 g/mol. The van der Waals surface area contributed by atoms with E-state index in [1.807, 2.05) is 54.6 Å². The molecule has 0 aromatic heterocycles. The van der Waals surface area contributed by atoms with Crippen molar-refractivity contribution >= 4 is 11.8 Å². The van der Waals surface area contributed by atoms with Gasteiger partial charge in [-0.3, -0.25) is 9.59 Å². The van der Waals surface area contributed by atoms with Gasteiger partial charge in [0, 0.05) is 31.0 Å². The molecule has 4 rings (SSSR count). The number of hydrogen-bond donors (Lipinski definition) is 1. The van der Waals surface area contributed by atoms with Gasteiger partial charge in [-0.2, -0.15) is 0 Å². The number of nitrogens with one attached hydrogen (secondary N) is 1. The molecule has 0 aliphatic carbocycles. The molecule has 2 fully saturated rings. The van der Waals surface area contributed by atoms with Crippen molar-refractivity contribution in [3.63, 3.8) is 0 Å². The first-order valence-corrected chi connectivity index (χ1v) is 8.92. The van der Waals surface area contributed by atoms with Gasteiger partial charge >= 0.3 is 0 Å². The lowest BCUT2D eigenvalue weighted by molar-refractivity contribution is -0.140. The minimum Gasteiger partial charge on any atom is -0.496 e. The minimum absolute atomic E-state index is 0.0331. The fourth-order valence-electron chi connectivity index (χ4n) is 4.38. The first kappa shape index (κ1) is 16.6. The Morgan fingerprint density at radius 1 is 1.12 bits per heavy atom. The lowest BCUT2D eigenvalue weighted by atomic mass is 9.79. The maximum Gasteiger partial charge on any atom is 0.246 e. The summed E-state index contributed by atoms with van der Waals surface area (Å²) in [5.41, 5.74) is 1.16. The van der Waals surface area contributed by atoms with Gasteiger partial charge in [-0.15, -0.1) is 0 Å². The summed E-state index contributed by atoms with van der Waals surface area (Å²) < 4.78 is 5.53. The summed E-state index contributed by atoms with van der Waals surface area (Å²) in [7, 11) is 1.64. The number of likely N-dealkylation sites (tertiary alicyclic amines) is 1. The smallest absolute Gasteiger partial charge is 0.246 e. The Kier molecular flexibility index (Phi) is 4.15. The Morgan fingerprint density at radius 3 is 2.62 bits per heavy atom. The van der Waals surface area contributed by atoms with E-state index < -0.39 is 5.54 Å². The zero-order valence-corrected chi connectivity index (χ0v) is 14.8. The standard InChI is InChI=1S/C21H22N2O3/c1-26-18-10-6-5-9-16(18)17-13-22-20(25)21(17)12-11-19(24)23(21)14-15-7-3-2-4-8-15/h2-10,17H,11-14H2,1H3,(H,22,25)/t17-,21-/m1/s1. The van der Waals surface area contributed by atoms with Crippen molar-refractivity contribution in [2.24, 2.45) is 0 Å². The predicted octanol–water partition coefficient (Wildman–Crippen LogP) is 2.47. The number of rotatable bonds is 4. The van der Waals surface area contributed by atoms with Gasteiger partial charge in [-0.05, 0) is 18.1 Å². The molecule has 0 bridgehead atoms. The van der Waals surface area contributed by atoms with Gasteiger partial charge in [-0.25, -0.2) is 0 Å². The number of carbonyl (C=O) groups is 2. The summed E-state index contributed by atoms with van der Waals surface area (Å²) in [5, 5.41) is 3.00. The van der Waals surface area contributed by atoms with Crippen molar-refractivity contribution in [2.45, 2.75) is 30.8 Å². The van der Waals surface area contributed by atoms with E-state index in [0.29, 0.717) is 25.9 Å². The van der Waals surface area contributed by atoms with Gasteiger partial charge < -0.3 is 15.0 Å². The molecule has 0 radical (unpaired) electrons. The van der Waals surface area contributed by atoms with E-state index in [4.69, 9.17) is 4.74 Å². The number of amides is 2. The molecule has 1 spiro atoms. The highest BCUT2D eigenvalue weighted by atomic mass is 16.5. The monoisotopic (exact) mass is 350 g/mol. The summed E-state index contributed by atoms with van der Waals surface area (Å²) in [6, 6.07) is 17.6. The van der Waals surface area contributed by atoms with Crippen LogP contribution in [0.4, 0.5) is 0 Å². The summed E-state index contributed by atoms with van der Waals surface area (Å²) in [6.07, 6.45) is 0.930. The Bertz CT molecular complexity index is 836. The van der Waals surface area contributed by atoms with Crippen molar-refractivity contribution in [3.8, 4) is 5.75 Å². The molecule has 5 heteroatoms. The van der Waals surface area contributed by atoms with Crippen LogP contribution in [0.3, 0.4) is 0 Å². The zero-order chi connectivity index (χ0) is 18.1. The van der Waals surface area contributed by atoms with E-state index in [1.54, 1.807) is 12.0 Å². The molecule has 2 saturated heterocycles. The Hall–Kier alpha value is -2.82. The summed E-state index contributed by atoms with van der Waals surface area (Å²) in [4.78, 5) is 27.5. The topological polar surface area (TPSA) is 58.6 Å². The molecule has 2 aliphatic rings. The lowest BCUT2D eigenvalue weighted by Crippen LogP contribution is -2.53. The average Bonchev–Trinajstić information content (AvgIpc) is 3.18. The first-order chi connectivity index (χ1) is 12.7. The molecule has 2 heterocycles. The second kappa shape index (κ2) is 6.48. The van der Waals surface area contributed by atoms with Crippen molar-refractivity contribution < 1.29 is 14.3 Å². The molecule has 0 saturated carbocycles. The molecule has 2 aromatic carbocycles. The van der Waals surface area contributed by atoms with Gasteiger partial charge in [0.2, 0.25) is 11.8 Å². The van der Waals surface area contributed by atoms with Gasteiger partial charge in [0.15, 0.2) is 0 Å². The van der Waals surface area contributed by atoms with Crippen LogP contribution in [0.25, 0.3) is 0 Å². The first-order valence-electron chi connectivity index (χ1n) is 8.92. The highest BCUT2D eigenvalue weighted by molar-refractivity contribution is 5.97. The van der Waals surface area contributed by atoms with E-state index >= 15 is 0 Å². The lowest BCUT2D eigenvalue weighted by Gasteiger charge is -2.38. The van der Waals surface area contributed by atoms with Crippen LogP contribution in [0.2, 0.25) is 0 Å². The number of ether oxygens (including phenoxy) is 1. The third-order valence-electron chi connectivity index (χ3n) is 5.64. The van der Waals surface area contributed by atoms with Gasteiger partial charge in [0.1, 0.15) is 11.3 Å². The van der Waals surface area contributed by atoms with Crippen LogP contribution >= 0.6 is 0 Å². The summed E-state index contributed by atoms with van der Waals surface area (Å²) >= 11 is 0. The van der Waals surface area contributed by atoms with Crippen LogP contribution in [0.1, 0.15) is 29.9 Å². The maximum atomic E-state index is 13.0. The van der Waals surface area contributed by atoms with E-state index in [9.17, 15) is 9.59 Å². The Balaban J connectivity index is 1.77. The Morgan fingerprint density at radius 2 is 1.85 bits per heavy atom. The third-order valence-corrected chi connectivity index (χ3v) is 5.64. The number of nitrogens with zero attached hydrogens (tertiary/aromatic N) is 1. The van der Waals surface area contributed by atoms with Crippen molar-refractivity contribution in [3.05, 3.63) is 65.7 Å². The van der Waals surface area contributed by atoms with Crippen molar-refractivity contribution in [1.82, 2.24) is 10.2 Å². The van der Waals surface area contributed by atoms with E-state index in [0.717, 1.165) is 16.9 Å². The molecular weight excluding hydrogens is 328 g/mol. The van der Waals surface area contributed by atoms with Crippen LogP contribution in [0.15, 0.2) is 54.6 Å². The van der Waals surface area contributed by atoms with E-state index in [1.165, 1.54) is 0 Å². The van der Waals surface area contributed by atoms with Gasteiger partial charge in [-0.1, -0.05) is 48.5 Å². The minimum atomic E-state index is -0.846. The second-order valence-electron chi connectivity index (χ2n) is 6.89. The molecular formula is C21H22N2O3. The van der Waals surface area contributed by atoms with Crippen LogP contribution in [-0.4, -0.2) is 35.9 Å². The molecule has 2 aromatic rings. The van der Waals surface area contributed by atoms with Crippen LogP contribution < -0.4 is 10.1 Å². The van der Waals surface area contributed by atoms with Crippen LogP contribution in [-0.2, 0) is 16.1 Å². The van der Waals surface area contributed by atoms with Gasteiger partial charge in [0.05, 0.1) is 7.11 Å². The second-order valence-corrected chi connectivity index (χ2v) is 6.89. The largest absolute Gasteiger partial charge is 0.496 e. The Labute approximate surface area is 153 Å². The third kappa shape index (κ3) is 2.46. The number of benzene rings is 2. The SMILES string of the molecule is COc1ccccc1[C@H]1CNC(=O)[C@@]12CCC(=O)N2Cc1ccccc1. The van der Waals surface area contributed by atoms with Crippen LogP contribution in [0, 0.1) is 0 Å². The number of hydrogen-bond acceptors (Lipinski definition) is 3. The highest BCUT2D eigenvalue weighted by Crippen LogP contribution is 2.47. The molecule has 134 valence electrons. The molecule has 2 amide bonds. The molecule has 2 atom stereocenters. The maximum absolute atomic E-state index is 13.0. The highest BCUT2D eigenvalue weighted by Gasteiger charge is 2.59. The number of para-hydroxylation sites is 1. The van der Waals surface area contributed by atoms with Crippen LogP contribution in [0.5, 0.6) is 5.75 Å². The summed E-state index contributed by atoms with van der Waals surface area (Å²) in [5.74, 6) is 0.606. The van der Waals surface area contributed by atoms with Crippen molar-refractivity contribution in [2.75, 3.05) is 13.7 Å². The van der Waals surface area contributed by atoms with E-state index in [-0.39, 0.29) is 17.7 Å². The summed E-state index contributed by atoms with van der Waals surface area (Å²) in [6.45, 7) is 0.955. The fourth-order valence-corrected chi connectivity index (χ4v) is 4.38. The molecule has 1 N–H and O–H groups in total. The fraction of sp³-hybridized carbons (Fsp3) is 0.333. The normalized spacial score (nSPS) is 25.0. The van der Waals surface area contributed by atoms with Gasteiger partial charge in [0.25, 0.3) is 0 Å². The molecule has 2 aliphatic heterocycles. The van der Waals surface area contributed by atoms with E-state index in [2.05, 4.69) is 5.32 Å². The molecule has 5 nitrogen and oxygen atoms in total. The number of methoxy groups -OCH3 is 1. The zero-order valence-electron chi connectivity index (χ0n) is 14.8. The quantitative estimate of drug-likeness (QED) is 0.922. The predicted molar refractivity (Wildman–Crippen MR) is 97.7 cm³/mol. The number of carbonyl (C=O) groups excluding carboxylic acids is 2. The molecule has 26 heavy (non-hydrogen) atoms.